The number of aromatic nitrogens is 1. The molecule has 0 bridgehead atoms. The second-order valence-corrected chi connectivity index (χ2v) is 7.90. The smallest absolute Gasteiger partial charge is 0.270 e. The first kappa shape index (κ1) is 16.2. The average Bonchev–Trinajstić information content (AvgIpc) is 3.10. The van der Waals surface area contributed by atoms with Gasteiger partial charge in [-0.25, -0.2) is 0 Å². The molecule has 1 N–H and O–H groups in total. The van der Waals surface area contributed by atoms with Gasteiger partial charge in [0, 0.05) is 38.5 Å². The lowest BCUT2D eigenvalue weighted by Crippen LogP contribution is -2.48. The maximum Gasteiger partial charge on any atom is 0.270 e. The fourth-order valence-corrected chi connectivity index (χ4v) is 4.49. The maximum atomic E-state index is 13.1. The summed E-state index contributed by atoms with van der Waals surface area (Å²) >= 11 is 0. The Bertz CT molecular complexity index is 575. The molecule has 132 valence electrons. The Morgan fingerprint density at radius 3 is 2.62 bits per heavy atom. The number of amides is 1. The predicted molar refractivity (Wildman–Crippen MR) is 93.0 cm³/mol. The molecule has 24 heavy (non-hydrogen) atoms. The highest BCUT2D eigenvalue weighted by molar-refractivity contribution is 5.93. The number of likely N-dealkylation sites (tertiary alicyclic amines) is 2. The maximum absolute atomic E-state index is 13.1. The van der Waals surface area contributed by atoms with Crippen LogP contribution in [0.15, 0.2) is 18.3 Å². The summed E-state index contributed by atoms with van der Waals surface area (Å²) in [7, 11) is 0. The second kappa shape index (κ2) is 6.89. The fraction of sp³-hybridized carbons (Fsp3) is 0.737. The minimum atomic E-state index is 0.150. The molecule has 1 aromatic heterocycles. The number of rotatable bonds is 5. The number of carbonyl (C=O) groups is 1. The molecule has 0 spiro atoms. The summed E-state index contributed by atoms with van der Waals surface area (Å²) in [5.41, 5.74) is 0.830. The molecule has 0 aromatic carbocycles. The van der Waals surface area contributed by atoms with E-state index in [0.29, 0.717) is 18.5 Å². The van der Waals surface area contributed by atoms with Crippen LogP contribution in [0.3, 0.4) is 0 Å². The first-order chi connectivity index (χ1) is 11.7. The summed E-state index contributed by atoms with van der Waals surface area (Å²) in [6, 6.07) is 4.47. The SMILES string of the molecule is O=C(c1cccn1C1CC1)N1C[C@@H](CN2CCCC2)C[C@H](CO)C1. The van der Waals surface area contributed by atoms with Gasteiger partial charge in [-0.15, -0.1) is 0 Å². The van der Waals surface area contributed by atoms with Crippen LogP contribution in [0.4, 0.5) is 0 Å². The van der Waals surface area contributed by atoms with E-state index < -0.39 is 0 Å². The lowest BCUT2D eigenvalue weighted by atomic mass is 9.89. The van der Waals surface area contributed by atoms with Crippen molar-refractivity contribution in [2.45, 2.75) is 38.1 Å². The predicted octanol–water partition coefficient (Wildman–Crippen LogP) is 1.99. The van der Waals surface area contributed by atoms with Gasteiger partial charge in [-0.05, 0) is 69.2 Å². The van der Waals surface area contributed by atoms with Gasteiger partial charge in [0.05, 0.1) is 0 Å². The van der Waals surface area contributed by atoms with Crippen LogP contribution < -0.4 is 0 Å². The fourth-order valence-electron chi connectivity index (χ4n) is 4.49. The molecule has 2 atom stereocenters. The number of piperidine rings is 1. The third-order valence-corrected chi connectivity index (χ3v) is 5.82. The molecule has 1 aromatic rings. The highest BCUT2D eigenvalue weighted by atomic mass is 16.3. The molecular formula is C19H29N3O2. The monoisotopic (exact) mass is 331 g/mol. The van der Waals surface area contributed by atoms with Crippen molar-refractivity contribution in [2.75, 3.05) is 39.3 Å². The van der Waals surface area contributed by atoms with Crippen molar-refractivity contribution >= 4 is 5.91 Å². The van der Waals surface area contributed by atoms with Gasteiger partial charge in [-0.1, -0.05) is 0 Å². The van der Waals surface area contributed by atoms with Crippen molar-refractivity contribution in [3.8, 4) is 0 Å². The van der Waals surface area contributed by atoms with Crippen LogP contribution >= 0.6 is 0 Å². The zero-order chi connectivity index (χ0) is 16.5. The topological polar surface area (TPSA) is 48.7 Å². The van der Waals surface area contributed by atoms with E-state index in [1.54, 1.807) is 0 Å². The van der Waals surface area contributed by atoms with E-state index in [1.165, 1.54) is 38.8 Å². The third kappa shape index (κ3) is 3.38. The molecule has 3 aliphatic rings. The Morgan fingerprint density at radius 2 is 1.92 bits per heavy atom. The van der Waals surface area contributed by atoms with Gasteiger partial charge in [-0.2, -0.15) is 0 Å². The summed E-state index contributed by atoms with van der Waals surface area (Å²) in [6.07, 6.45) is 8.06. The Morgan fingerprint density at radius 1 is 1.17 bits per heavy atom. The summed E-state index contributed by atoms with van der Waals surface area (Å²) in [5.74, 6) is 0.860. The highest BCUT2D eigenvalue weighted by Crippen LogP contribution is 2.36. The van der Waals surface area contributed by atoms with E-state index in [0.717, 1.165) is 25.2 Å². The molecule has 0 radical (unpaired) electrons. The number of aliphatic hydroxyl groups is 1. The van der Waals surface area contributed by atoms with Gasteiger partial charge >= 0.3 is 0 Å². The molecule has 1 saturated carbocycles. The Labute approximate surface area is 144 Å². The summed E-state index contributed by atoms with van der Waals surface area (Å²) in [6.45, 7) is 5.18. The van der Waals surface area contributed by atoms with Crippen LogP contribution in [0.2, 0.25) is 0 Å². The van der Waals surface area contributed by atoms with E-state index in [2.05, 4.69) is 9.47 Å². The van der Waals surface area contributed by atoms with E-state index in [-0.39, 0.29) is 18.4 Å². The Kier molecular flexibility index (Phi) is 4.63. The molecule has 3 fully saturated rings. The van der Waals surface area contributed by atoms with Crippen LogP contribution in [0.1, 0.15) is 48.6 Å². The van der Waals surface area contributed by atoms with E-state index >= 15 is 0 Å². The first-order valence-corrected chi connectivity index (χ1v) is 9.54. The van der Waals surface area contributed by atoms with Crippen molar-refractivity contribution in [1.82, 2.24) is 14.4 Å². The van der Waals surface area contributed by atoms with Gasteiger partial charge in [0.1, 0.15) is 5.69 Å². The molecule has 5 nitrogen and oxygen atoms in total. The number of carbonyl (C=O) groups excluding carboxylic acids is 1. The standard InChI is InChI=1S/C19H29N3O2/c23-14-16-10-15(11-20-7-1-2-8-20)12-21(13-16)19(24)18-4-3-9-22(18)17-5-6-17/h3-4,9,15-17,23H,1-2,5-8,10-14H2/t15-,16+/m1/s1. The van der Waals surface area contributed by atoms with Crippen molar-refractivity contribution < 1.29 is 9.90 Å². The molecule has 5 heteroatoms. The van der Waals surface area contributed by atoms with Crippen molar-refractivity contribution in [2.24, 2.45) is 11.8 Å². The summed E-state index contributed by atoms with van der Waals surface area (Å²) in [5, 5.41) is 9.70. The van der Waals surface area contributed by atoms with Crippen LogP contribution in [0, 0.1) is 11.8 Å². The van der Waals surface area contributed by atoms with Crippen LogP contribution in [0.25, 0.3) is 0 Å². The van der Waals surface area contributed by atoms with Gasteiger partial charge in [0.2, 0.25) is 0 Å². The van der Waals surface area contributed by atoms with Crippen LogP contribution in [-0.2, 0) is 0 Å². The van der Waals surface area contributed by atoms with E-state index in [9.17, 15) is 9.90 Å². The Hall–Kier alpha value is -1.33. The van der Waals surface area contributed by atoms with E-state index in [4.69, 9.17) is 0 Å². The first-order valence-electron chi connectivity index (χ1n) is 9.54. The number of nitrogens with zero attached hydrogens (tertiary/aromatic N) is 3. The molecule has 1 amide bonds. The van der Waals surface area contributed by atoms with Crippen LogP contribution in [-0.4, -0.2) is 64.7 Å². The highest BCUT2D eigenvalue weighted by Gasteiger charge is 2.34. The number of aliphatic hydroxyl groups excluding tert-OH is 1. The zero-order valence-corrected chi connectivity index (χ0v) is 14.4. The largest absolute Gasteiger partial charge is 0.396 e. The average molecular weight is 331 g/mol. The minimum absolute atomic E-state index is 0.150. The van der Waals surface area contributed by atoms with Crippen molar-refractivity contribution in [3.63, 3.8) is 0 Å². The molecule has 2 aliphatic heterocycles. The normalized spacial score (nSPS) is 28.5. The summed E-state index contributed by atoms with van der Waals surface area (Å²) in [4.78, 5) is 17.6. The molecule has 1 aliphatic carbocycles. The number of hydrogen-bond donors (Lipinski definition) is 1. The van der Waals surface area contributed by atoms with Crippen molar-refractivity contribution in [1.29, 1.82) is 0 Å². The number of hydrogen-bond acceptors (Lipinski definition) is 3. The van der Waals surface area contributed by atoms with Gasteiger partial charge < -0.3 is 19.5 Å². The van der Waals surface area contributed by atoms with E-state index in [1.807, 2.05) is 23.2 Å². The molecule has 4 rings (SSSR count). The second-order valence-electron chi connectivity index (χ2n) is 7.90. The quantitative estimate of drug-likeness (QED) is 0.898. The zero-order valence-electron chi connectivity index (χ0n) is 14.4. The minimum Gasteiger partial charge on any atom is -0.396 e. The lowest BCUT2D eigenvalue weighted by molar-refractivity contribution is 0.0456. The molecule has 3 heterocycles. The van der Waals surface area contributed by atoms with Gasteiger partial charge in [0.25, 0.3) is 5.91 Å². The molecule has 2 saturated heterocycles. The summed E-state index contributed by atoms with van der Waals surface area (Å²) < 4.78 is 2.15. The van der Waals surface area contributed by atoms with Gasteiger partial charge in [0.15, 0.2) is 0 Å². The third-order valence-electron chi connectivity index (χ3n) is 5.82. The lowest BCUT2D eigenvalue weighted by Gasteiger charge is -2.38. The van der Waals surface area contributed by atoms with Gasteiger partial charge in [-0.3, -0.25) is 4.79 Å². The van der Waals surface area contributed by atoms with Crippen molar-refractivity contribution in [3.05, 3.63) is 24.0 Å². The van der Waals surface area contributed by atoms with Crippen LogP contribution in [0.5, 0.6) is 0 Å². The molecular weight excluding hydrogens is 302 g/mol. The molecule has 0 unspecified atom stereocenters. The Balaban J connectivity index is 1.45.